The minimum Gasteiger partial charge on any atom is -0.328 e. The van der Waals surface area contributed by atoms with Gasteiger partial charge in [0.15, 0.2) is 0 Å². The minimum atomic E-state index is -3.61. The lowest BCUT2D eigenvalue weighted by Gasteiger charge is -2.49. The van der Waals surface area contributed by atoms with Crippen molar-refractivity contribution < 1.29 is 18.0 Å². The van der Waals surface area contributed by atoms with Gasteiger partial charge in [0.2, 0.25) is 15.9 Å². The molecular weight excluding hydrogens is 324 g/mol. The smallest absolute Gasteiger partial charge is 0.259 e. The van der Waals surface area contributed by atoms with E-state index in [2.05, 4.69) is 0 Å². The van der Waals surface area contributed by atoms with E-state index >= 15 is 0 Å². The molecule has 1 atom stereocenters. The lowest BCUT2D eigenvalue weighted by atomic mass is 9.85. The van der Waals surface area contributed by atoms with Crippen LogP contribution < -0.4 is 4.72 Å². The molecule has 0 radical (unpaired) electrons. The van der Waals surface area contributed by atoms with Gasteiger partial charge < -0.3 is 4.90 Å². The second-order valence-electron chi connectivity index (χ2n) is 5.48. The predicted octanol–water partition coefficient (Wildman–Crippen LogP) is 1.14. The summed E-state index contributed by atoms with van der Waals surface area (Å²) in [5.41, 5.74) is -1.06. The fourth-order valence-electron chi connectivity index (χ4n) is 2.34. The molecular formula is C14H20N2O4S2. The summed E-state index contributed by atoms with van der Waals surface area (Å²) >= 11 is 1.59. The maximum Gasteiger partial charge on any atom is 0.259 e. The van der Waals surface area contributed by atoms with Gasteiger partial charge in [0.1, 0.15) is 5.54 Å². The van der Waals surface area contributed by atoms with E-state index in [1.807, 2.05) is 22.2 Å². The highest BCUT2D eigenvalue weighted by atomic mass is 32.2. The van der Waals surface area contributed by atoms with E-state index in [9.17, 15) is 18.0 Å². The summed E-state index contributed by atoms with van der Waals surface area (Å²) < 4.78 is 25.1. The number of rotatable bonds is 6. The molecule has 1 aliphatic heterocycles. The Labute approximate surface area is 134 Å². The molecule has 122 valence electrons. The van der Waals surface area contributed by atoms with Gasteiger partial charge in [-0.1, -0.05) is 6.07 Å². The third kappa shape index (κ3) is 3.49. The van der Waals surface area contributed by atoms with Crippen LogP contribution >= 0.6 is 11.3 Å². The number of thiophene rings is 1. The SMILES string of the molecule is CCS(=O)(=O)NC(=O)C1(C)CCN1C(=O)CCc1cccs1. The molecule has 2 rings (SSSR count). The Morgan fingerprint density at radius 2 is 2.18 bits per heavy atom. The maximum absolute atomic E-state index is 12.3. The number of nitrogens with one attached hydrogen (secondary N) is 1. The van der Waals surface area contributed by atoms with Gasteiger partial charge in [0.05, 0.1) is 5.75 Å². The lowest BCUT2D eigenvalue weighted by molar-refractivity contribution is -0.156. The van der Waals surface area contributed by atoms with E-state index in [0.29, 0.717) is 25.8 Å². The van der Waals surface area contributed by atoms with Gasteiger partial charge in [-0.25, -0.2) is 8.42 Å². The summed E-state index contributed by atoms with van der Waals surface area (Å²) in [6.45, 7) is 3.56. The second kappa shape index (κ2) is 6.37. The van der Waals surface area contributed by atoms with Crippen molar-refractivity contribution in [3.8, 4) is 0 Å². The topological polar surface area (TPSA) is 83.6 Å². The molecule has 1 aliphatic rings. The molecule has 0 aromatic carbocycles. The van der Waals surface area contributed by atoms with Crippen LogP contribution in [0.5, 0.6) is 0 Å². The second-order valence-corrected chi connectivity index (χ2v) is 8.53. The molecule has 22 heavy (non-hydrogen) atoms. The average Bonchev–Trinajstić information content (AvgIpc) is 2.95. The van der Waals surface area contributed by atoms with Crippen molar-refractivity contribution in [1.29, 1.82) is 0 Å². The van der Waals surface area contributed by atoms with Crippen molar-refractivity contribution in [3.63, 3.8) is 0 Å². The van der Waals surface area contributed by atoms with Gasteiger partial charge in [-0.2, -0.15) is 0 Å². The van der Waals surface area contributed by atoms with Gasteiger partial charge in [-0.15, -0.1) is 11.3 Å². The summed E-state index contributed by atoms with van der Waals surface area (Å²) in [6.07, 6.45) is 1.44. The van der Waals surface area contributed by atoms with E-state index in [1.165, 1.54) is 11.8 Å². The Kier molecular flexibility index (Phi) is 4.91. The molecule has 0 bridgehead atoms. The van der Waals surface area contributed by atoms with E-state index in [1.54, 1.807) is 18.3 Å². The fraction of sp³-hybridized carbons (Fsp3) is 0.571. The third-order valence-corrected chi connectivity index (χ3v) is 6.19. The van der Waals surface area contributed by atoms with Crippen LogP contribution in [-0.4, -0.2) is 43.0 Å². The molecule has 8 heteroatoms. The Balaban J connectivity index is 1.97. The largest absolute Gasteiger partial charge is 0.328 e. The molecule has 0 spiro atoms. The van der Waals surface area contributed by atoms with Crippen LogP contribution in [0.15, 0.2) is 17.5 Å². The van der Waals surface area contributed by atoms with Crippen LogP contribution in [0.1, 0.15) is 31.6 Å². The van der Waals surface area contributed by atoms with E-state index < -0.39 is 21.5 Å². The first-order valence-corrected chi connectivity index (χ1v) is 9.69. The van der Waals surface area contributed by atoms with Gasteiger partial charge in [0, 0.05) is 17.8 Å². The van der Waals surface area contributed by atoms with Crippen LogP contribution in [-0.2, 0) is 26.0 Å². The highest BCUT2D eigenvalue weighted by molar-refractivity contribution is 7.90. The zero-order chi connectivity index (χ0) is 16.4. The van der Waals surface area contributed by atoms with Crippen molar-refractivity contribution in [2.24, 2.45) is 0 Å². The summed E-state index contributed by atoms with van der Waals surface area (Å²) in [7, 11) is -3.61. The first-order chi connectivity index (χ1) is 10.3. The molecule has 1 fully saturated rings. The van der Waals surface area contributed by atoms with Crippen LogP contribution in [0.25, 0.3) is 0 Å². The van der Waals surface area contributed by atoms with Crippen LogP contribution in [0.2, 0.25) is 0 Å². The first-order valence-electron chi connectivity index (χ1n) is 7.16. The fourth-order valence-corrected chi connectivity index (χ4v) is 3.69. The number of aryl methyl sites for hydroxylation is 1. The third-order valence-electron chi connectivity index (χ3n) is 4.00. The van der Waals surface area contributed by atoms with Gasteiger partial charge in [-0.05, 0) is 38.1 Å². The minimum absolute atomic E-state index is 0.119. The number of sulfonamides is 1. The van der Waals surface area contributed by atoms with Crippen LogP contribution in [0.3, 0.4) is 0 Å². The zero-order valence-corrected chi connectivity index (χ0v) is 14.3. The molecule has 0 saturated carbocycles. The van der Waals surface area contributed by atoms with E-state index in [-0.39, 0.29) is 11.7 Å². The first kappa shape index (κ1) is 17.0. The highest BCUT2D eigenvalue weighted by Crippen LogP contribution is 2.31. The normalized spacial score (nSPS) is 21.3. The van der Waals surface area contributed by atoms with E-state index in [4.69, 9.17) is 0 Å². The lowest BCUT2D eigenvalue weighted by Crippen LogP contribution is -2.67. The quantitative estimate of drug-likeness (QED) is 0.839. The summed E-state index contributed by atoms with van der Waals surface area (Å²) in [5.74, 6) is -0.905. The van der Waals surface area contributed by atoms with Crippen molar-refractivity contribution in [2.75, 3.05) is 12.3 Å². The van der Waals surface area contributed by atoms with Gasteiger partial charge in [0.25, 0.3) is 5.91 Å². The number of carbonyl (C=O) groups is 2. The Morgan fingerprint density at radius 1 is 1.45 bits per heavy atom. The molecule has 1 N–H and O–H groups in total. The molecule has 2 heterocycles. The van der Waals surface area contributed by atoms with Crippen molar-refractivity contribution in [1.82, 2.24) is 9.62 Å². The number of likely N-dealkylation sites (tertiary alicyclic amines) is 1. The molecule has 1 aromatic rings. The molecule has 1 aromatic heterocycles. The zero-order valence-electron chi connectivity index (χ0n) is 12.7. The van der Waals surface area contributed by atoms with Crippen LogP contribution in [0, 0.1) is 0 Å². The highest BCUT2D eigenvalue weighted by Gasteiger charge is 2.49. The maximum atomic E-state index is 12.3. The predicted molar refractivity (Wildman–Crippen MR) is 85.0 cm³/mol. The van der Waals surface area contributed by atoms with Crippen LogP contribution in [0.4, 0.5) is 0 Å². The molecule has 2 amide bonds. The monoisotopic (exact) mass is 344 g/mol. The Morgan fingerprint density at radius 3 is 2.68 bits per heavy atom. The molecule has 0 aliphatic carbocycles. The van der Waals surface area contributed by atoms with Crippen molar-refractivity contribution >= 4 is 33.2 Å². The Bertz CT molecular complexity index is 654. The standard InChI is InChI=1S/C14H20N2O4S2/c1-3-22(19,20)15-13(18)14(2)8-9-16(14)12(17)7-6-11-5-4-10-21-11/h4-5,10H,3,6-9H2,1-2H3,(H,15,18). The molecule has 6 nitrogen and oxygen atoms in total. The summed E-state index contributed by atoms with van der Waals surface area (Å²) in [5, 5.41) is 1.95. The summed E-state index contributed by atoms with van der Waals surface area (Å²) in [4.78, 5) is 27.1. The van der Waals surface area contributed by atoms with Gasteiger partial charge in [-0.3, -0.25) is 14.3 Å². The number of amides is 2. The van der Waals surface area contributed by atoms with E-state index in [0.717, 1.165) is 4.88 Å². The number of hydrogen-bond donors (Lipinski definition) is 1. The number of carbonyl (C=O) groups excluding carboxylic acids is 2. The Hall–Kier alpha value is -1.41. The number of hydrogen-bond acceptors (Lipinski definition) is 5. The van der Waals surface area contributed by atoms with Crippen molar-refractivity contribution in [3.05, 3.63) is 22.4 Å². The summed E-state index contributed by atoms with van der Waals surface area (Å²) in [6, 6.07) is 3.90. The number of nitrogens with zero attached hydrogens (tertiary/aromatic N) is 1. The van der Waals surface area contributed by atoms with Crippen molar-refractivity contribution in [2.45, 2.75) is 38.6 Å². The molecule has 1 saturated heterocycles. The average molecular weight is 344 g/mol. The molecule has 1 unspecified atom stereocenters. The van der Waals surface area contributed by atoms with Gasteiger partial charge >= 0.3 is 0 Å².